The number of hydrogen-bond acceptors (Lipinski definition) is 2. The Morgan fingerprint density at radius 3 is 2.54 bits per heavy atom. The Morgan fingerprint density at radius 1 is 1.14 bits per heavy atom. The Bertz CT molecular complexity index is 942. The molecule has 1 aliphatic rings. The van der Waals surface area contributed by atoms with Crippen LogP contribution in [0.25, 0.3) is 16.6 Å². The van der Waals surface area contributed by atoms with Gasteiger partial charge in [0.05, 0.1) is 5.52 Å². The maximum atomic E-state index is 13.4. The van der Waals surface area contributed by atoms with Crippen LogP contribution in [0.3, 0.4) is 0 Å². The molecule has 28 heavy (non-hydrogen) atoms. The Hall–Kier alpha value is -1.88. The van der Waals surface area contributed by atoms with Crippen molar-refractivity contribution in [1.29, 1.82) is 0 Å². The van der Waals surface area contributed by atoms with Crippen LogP contribution in [0.1, 0.15) is 37.7 Å². The number of rotatable bonds is 5. The Labute approximate surface area is 170 Å². The maximum Gasteiger partial charge on any atom is 0.123 e. The molecule has 3 nitrogen and oxygen atoms in total. The molecule has 5 heteroatoms. The van der Waals surface area contributed by atoms with Gasteiger partial charge in [-0.25, -0.2) is 4.39 Å². The van der Waals surface area contributed by atoms with E-state index in [1.165, 1.54) is 23.1 Å². The highest BCUT2D eigenvalue weighted by molar-refractivity contribution is 6.31. The van der Waals surface area contributed by atoms with Crippen molar-refractivity contribution in [1.82, 2.24) is 9.47 Å². The monoisotopic (exact) mass is 399 g/mol. The van der Waals surface area contributed by atoms with Crippen LogP contribution in [-0.2, 0) is 0 Å². The summed E-state index contributed by atoms with van der Waals surface area (Å²) in [6.45, 7) is 5.29. The summed E-state index contributed by atoms with van der Waals surface area (Å²) >= 11 is 6.29. The molecule has 0 saturated carbocycles. The highest BCUT2D eigenvalue weighted by Gasteiger charge is 2.24. The smallest absolute Gasteiger partial charge is 0.123 e. The molecule has 2 aromatic carbocycles. The highest BCUT2D eigenvalue weighted by atomic mass is 35.5. The molecular weight excluding hydrogens is 373 g/mol. The normalized spacial score (nSPS) is 17.3. The van der Waals surface area contributed by atoms with Gasteiger partial charge in [0.1, 0.15) is 5.82 Å². The zero-order chi connectivity index (χ0) is 19.7. The van der Waals surface area contributed by atoms with Gasteiger partial charge < -0.3 is 15.2 Å². The summed E-state index contributed by atoms with van der Waals surface area (Å²) in [6, 6.07) is 13.0. The van der Waals surface area contributed by atoms with Crippen molar-refractivity contribution in [3.05, 3.63) is 65.1 Å². The van der Waals surface area contributed by atoms with Gasteiger partial charge in [0, 0.05) is 34.9 Å². The van der Waals surface area contributed by atoms with Gasteiger partial charge in [-0.15, -0.1) is 0 Å². The van der Waals surface area contributed by atoms with Crippen molar-refractivity contribution in [2.45, 2.75) is 38.1 Å². The Balaban J connectivity index is 1.64. The maximum absolute atomic E-state index is 13.4. The van der Waals surface area contributed by atoms with Gasteiger partial charge in [0.2, 0.25) is 0 Å². The molecule has 1 unspecified atom stereocenters. The van der Waals surface area contributed by atoms with Crippen LogP contribution >= 0.6 is 11.6 Å². The van der Waals surface area contributed by atoms with Crippen LogP contribution in [0.5, 0.6) is 0 Å². The van der Waals surface area contributed by atoms with Crippen LogP contribution in [0.2, 0.25) is 5.02 Å². The first-order chi connectivity index (χ1) is 13.5. The lowest BCUT2D eigenvalue weighted by molar-refractivity contribution is 0.200. The van der Waals surface area contributed by atoms with Crippen molar-refractivity contribution in [3.63, 3.8) is 0 Å². The molecule has 1 aliphatic heterocycles. The molecule has 1 aromatic heterocycles. The SMILES string of the molecule is CCC(N)CN1CCC(c2cn(-c3ccc(F)cc3)c3cc(Cl)ccc23)CC1. The van der Waals surface area contributed by atoms with E-state index in [-0.39, 0.29) is 11.9 Å². The van der Waals surface area contributed by atoms with Crippen LogP contribution in [-0.4, -0.2) is 35.1 Å². The van der Waals surface area contributed by atoms with Crippen LogP contribution in [0.4, 0.5) is 4.39 Å². The van der Waals surface area contributed by atoms with E-state index in [1.54, 1.807) is 0 Å². The third-order valence-electron chi connectivity index (χ3n) is 5.95. The molecule has 0 amide bonds. The van der Waals surface area contributed by atoms with Gasteiger partial charge >= 0.3 is 0 Å². The van der Waals surface area contributed by atoms with E-state index in [2.05, 4.69) is 28.7 Å². The molecule has 148 valence electrons. The Morgan fingerprint density at radius 2 is 1.86 bits per heavy atom. The summed E-state index contributed by atoms with van der Waals surface area (Å²) < 4.78 is 15.5. The summed E-state index contributed by atoms with van der Waals surface area (Å²) in [5.74, 6) is 0.288. The van der Waals surface area contributed by atoms with Gasteiger partial charge in [0.15, 0.2) is 0 Å². The lowest BCUT2D eigenvalue weighted by atomic mass is 9.89. The minimum atomic E-state index is -0.226. The first-order valence-electron chi connectivity index (χ1n) is 10.1. The standard InChI is InChI=1S/C23H27ClFN3/c1-2-19(26)14-27-11-9-16(10-12-27)22-15-28(20-6-4-18(25)5-7-20)23-13-17(24)3-8-21(22)23/h3-8,13,15-16,19H,2,9-12,14,26H2,1H3. The second-order valence-electron chi connectivity index (χ2n) is 7.84. The highest BCUT2D eigenvalue weighted by Crippen LogP contribution is 2.36. The largest absolute Gasteiger partial charge is 0.327 e. The second-order valence-corrected chi connectivity index (χ2v) is 8.27. The van der Waals surface area contributed by atoms with Gasteiger partial charge in [-0.1, -0.05) is 24.6 Å². The first kappa shape index (κ1) is 19.4. The van der Waals surface area contributed by atoms with E-state index < -0.39 is 0 Å². The van der Waals surface area contributed by atoms with Crippen molar-refractivity contribution < 1.29 is 4.39 Å². The minimum absolute atomic E-state index is 0.226. The molecule has 4 rings (SSSR count). The van der Waals surface area contributed by atoms with Gasteiger partial charge in [-0.3, -0.25) is 0 Å². The van der Waals surface area contributed by atoms with Crippen molar-refractivity contribution >= 4 is 22.5 Å². The van der Waals surface area contributed by atoms with E-state index in [9.17, 15) is 4.39 Å². The Kier molecular flexibility index (Phi) is 5.72. The fourth-order valence-electron chi connectivity index (χ4n) is 4.25. The molecule has 3 aromatic rings. The minimum Gasteiger partial charge on any atom is -0.327 e. The summed E-state index contributed by atoms with van der Waals surface area (Å²) in [7, 11) is 0. The van der Waals surface area contributed by atoms with Crippen LogP contribution < -0.4 is 5.73 Å². The number of nitrogens with zero attached hydrogens (tertiary/aromatic N) is 2. The lowest BCUT2D eigenvalue weighted by Gasteiger charge is -2.33. The van der Waals surface area contributed by atoms with Crippen molar-refractivity contribution in [3.8, 4) is 5.69 Å². The van der Waals surface area contributed by atoms with Crippen LogP contribution in [0, 0.1) is 5.82 Å². The molecule has 1 saturated heterocycles. The third kappa shape index (κ3) is 3.95. The molecule has 1 atom stereocenters. The molecule has 0 spiro atoms. The molecule has 0 radical (unpaired) electrons. The number of aromatic nitrogens is 1. The van der Waals surface area contributed by atoms with E-state index in [0.717, 1.165) is 50.1 Å². The number of hydrogen-bond donors (Lipinski definition) is 1. The average molecular weight is 400 g/mol. The van der Waals surface area contributed by atoms with Gasteiger partial charge in [-0.2, -0.15) is 0 Å². The van der Waals surface area contributed by atoms with Gasteiger partial charge in [0.25, 0.3) is 0 Å². The fourth-order valence-corrected chi connectivity index (χ4v) is 4.42. The predicted octanol–water partition coefficient (Wildman–Crippen LogP) is 5.34. The number of fused-ring (bicyclic) bond motifs is 1. The average Bonchev–Trinajstić information content (AvgIpc) is 3.07. The summed E-state index contributed by atoms with van der Waals surface area (Å²) in [4.78, 5) is 2.49. The first-order valence-corrected chi connectivity index (χ1v) is 10.5. The number of halogens is 2. The predicted molar refractivity (Wildman–Crippen MR) is 115 cm³/mol. The number of likely N-dealkylation sites (tertiary alicyclic amines) is 1. The summed E-state index contributed by atoms with van der Waals surface area (Å²) in [5, 5.41) is 1.95. The number of nitrogens with two attached hydrogens (primary N) is 1. The zero-order valence-corrected chi connectivity index (χ0v) is 17.0. The molecule has 0 bridgehead atoms. The molecule has 1 fully saturated rings. The second kappa shape index (κ2) is 8.24. The number of piperidine rings is 1. The van der Waals surface area contributed by atoms with E-state index in [4.69, 9.17) is 17.3 Å². The fraction of sp³-hybridized carbons (Fsp3) is 0.391. The topological polar surface area (TPSA) is 34.2 Å². The third-order valence-corrected chi connectivity index (χ3v) is 6.18. The van der Waals surface area contributed by atoms with Crippen molar-refractivity contribution in [2.75, 3.05) is 19.6 Å². The lowest BCUT2D eigenvalue weighted by Crippen LogP contribution is -2.41. The molecule has 2 heterocycles. The zero-order valence-electron chi connectivity index (χ0n) is 16.2. The quantitative estimate of drug-likeness (QED) is 0.628. The number of benzene rings is 2. The summed E-state index contributed by atoms with van der Waals surface area (Å²) in [5.41, 5.74) is 9.51. The van der Waals surface area contributed by atoms with Gasteiger partial charge in [-0.05, 0) is 80.2 Å². The van der Waals surface area contributed by atoms with Crippen molar-refractivity contribution in [2.24, 2.45) is 5.73 Å². The van der Waals surface area contributed by atoms with E-state index >= 15 is 0 Å². The molecule has 0 aliphatic carbocycles. The molecular formula is C23H27ClFN3. The van der Waals surface area contributed by atoms with E-state index in [0.29, 0.717) is 10.9 Å². The van der Waals surface area contributed by atoms with E-state index in [1.807, 2.05) is 24.3 Å². The van der Waals surface area contributed by atoms with Crippen LogP contribution in [0.15, 0.2) is 48.7 Å². The molecule has 2 N–H and O–H groups in total. The summed E-state index contributed by atoms with van der Waals surface area (Å²) in [6.07, 6.45) is 5.49.